The summed E-state index contributed by atoms with van der Waals surface area (Å²) in [4.78, 5) is 113. The first-order valence-corrected chi connectivity index (χ1v) is 29.1. The molecule has 4 aliphatic rings. The molecule has 83 heavy (non-hydrogen) atoms. The fourth-order valence-electron chi connectivity index (χ4n) is 10.3. The van der Waals surface area contributed by atoms with Gasteiger partial charge < -0.3 is 30.7 Å². The summed E-state index contributed by atoms with van der Waals surface area (Å²) in [7, 11) is 0. The van der Waals surface area contributed by atoms with Gasteiger partial charge in [0.1, 0.15) is 41.3 Å². The van der Waals surface area contributed by atoms with Crippen LogP contribution in [0.3, 0.4) is 0 Å². The molecule has 4 aliphatic heterocycles. The molecule has 23 heteroatoms. The minimum atomic E-state index is -0.619. The van der Waals surface area contributed by atoms with Gasteiger partial charge in [0, 0.05) is 116 Å². The molecule has 436 valence electrons. The second kappa shape index (κ2) is 26.5. The molecule has 7 aromatic rings. The minimum absolute atomic E-state index is 0. The molecule has 11 rings (SSSR count). The number of hydrogen-bond donors (Lipinski definition) is 3. The normalized spacial score (nSPS) is 15.6. The van der Waals surface area contributed by atoms with Gasteiger partial charge in [-0.15, -0.1) is 12.4 Å². The number of fused-ring (bicyclic) bond motifs is 3. The number of nitrogens with zero attached hydrogens (tertiary/aromatic N) is 9. The predicted octanol–water partition coefficient (Wildman–Crippen LogP) is 8.42. The van der Waals surface area contributed by atoms with Gasteiger partial charge in [0.15, 0.2) is 5.78 Å². The molecule has 0 aliphatic carbocycles. The second-order valence-corrected chi connectivity index (χ2v) is 24.1. The maximum absolute atomic E-state index is 13.6. The van der Waals surface area contributed by atoms with E-state index >= 15 is 0 Å². The van der Waals surface area contributed by atoms with E-state index in [-0.39, 0.29) is 89.1 Å². The molecule has 0 spiro atoms. The summed E-state index contributed by atoms with van der Waals surface area (Å²) in [5, 5.41) is 7.87. The standard InChI is InChI=1S/C30H31ClN6O3.C25H24BrClN4O4.C5H10N2.ClH/c1-30(2)17-36(18-30)26(38)16-37-27-20(11-21(14-32-27)24-15-35-10-4-3-5-25(35)34-24)12-23(29(37)40)28(39)33-13-19-6-8-22(31)9-7-19;1-25(2)13-30(14-25)21(33)12-31-22-16(7-17(11-28-22)20(32)9-26)8-19(24(31)35)23(34)29-10-15-3-5-18(27)6-4-15;6-5-3-1-2-4-7-5;/h6-9,11-12,14-15H,3-5,10,13,16-18H2,1-2H3,(H,33,39);3-8,11H,9-10,12-14H2,1-2H3,(H,29,34);1-4H2,(H2,6,7);1H. The van der Waals surface area contributed by atoms with Crippen LogP contribution >= 0.6 is 51.5 Å². The first kappa shape index (κ1) is 61.8. The Morgan fingerprint density at radius 1 is 0.663 bits per heavy atom. The third-order valence-electron chi connectivity index (χ3n) is 14.6. The van der Waals surface area contributed by atoms with Crippen molar-refractivity contribution in [2.24, 2.45) is 21.6 Å². The summed E-state index contributed by atoms with van der Waals surface area (Å²) in [6.07, 6.45) is 11.7. The summed E-state index contributed by atoms with van der Waals surface area (Å²) in [6, 6.07) is 20.5. The number of amidine groups is 1. The molecule has 0 bridgehead atoms. The number of rotatable bonds is 13. The molecule has 2 fully saturated rings. The van der Waals surface area contributed by atoms with Crippen LogP contribution in [-0.4, -0.2) is 112 Å². The summed E-state index contributed by atoms with van der Waals surface area (Å²) in [5.74, 6) is 0.196. The fourth-order valence-corrected chi connectivity index (χ4v) is 10.9. The van der Waals surface area contributed by atoms with Gasteiger partial charge in [-0.2, -0.15) is 0 Å². The Bertz CT molecular complexity index is 3730. The number of nitrogens with one attached hydrogen (secondary N) is 2. The average Bonchev–Trinajstić information content (AvgIpc) is 4.05. The monoisotopic (exact) mass is 1250 g/mol. The van der Waals surface area contributed by atoms with Crippen molar-refractivity contribution in [1.29, 1.82) is 0 Å². The number of halogens is 4. The number of carbonyl (C=O) groups excluding carboxylic acids is 5. The molecular formula is C60H66BrCl3N12O7. The Labute approximate surface area is 504 Å². The zero-order chi connectivity index (χ0) is 58.5. The molecule has 2 saturated heterocycles. The summed E-state index contributed by atoms with van der Waals surface area (Å²) in [6.45, 7) is 12.6. The van der Waals surface area contributed by atoms with Gasteiger partial charge in [-0.1, -0.05) is 91.1 Å². The zero-order valence-corrected chi connectivity index (χ0v) is 50.6. The number of aliphatic imine (C=N–C) groups is 1. The number of pyridine rings is 4. The lowest BCUT2D eigenvalue weighted by atomic mass is 9.84. The predicted molar refractivity (Wildman–Crippen MR) is 328 cm³/mol. The summed E-state index contributed by atoms with van der Waals surface area (Å²) in [5.41, 5.74) is 8.33. The van der Waals surface area contributed by atoms with Crippen molar-refractivity contribution >= 4 is 109 Å². The number of alkyl halides is 1. The first-order chi connectivity index (χ1) is 39.1. The maximum Gasteiger partial charge on any atom is 0.265 e. The lowest BCUT2D eigenvalue weighted by Crippen LogP contribution is -2.56. The first-order valence-electron chi connectivity index (χ1n) is 27.3. The van der Waals surface area contributed by atoms with Crippen molar-refractivity contribution in [3.05, 3.63) is 156 Å². The molecular weight excluding hydrogens is 1190 g/mol. The van der Waals surface area contributed by atoms with E-state index in [1.54, 1.807) is 64.5 Å². The van der Waals surface area contributed by atoms with Crippen molar-refractivity contribution in [3.8, 4) is 11.3 Å². The number of amides is 4. The number of likely N-dealkylation sites (tertiary alicyclic amines) is 2. The van der Waals surface area contributed by atoms with Crippen LogP contribution in [0, 0.1) is 10.8 Å². The highest BCUT2D eigenvalue weighted by molar-refractivity contribution is 9.09. The van der Waals surface area contributed by atoms with E-state index in [4.69, 9.17) is 33.9 Å². The number of carbonyl (C=O) groups is 5. The van der Waals surface area contributed by atoms with Gasteiger partial charge in [0.25, 0.3) is 22.9 Å². The second-order valence-electron chi connectivity index (χ2n) is 22.7. The Morgan fingerprint density at radius 2 is 1.16 bits per heavy atom. The number of hydrogen-bond acceptors (Lipinski definition) is 12. The molecule has 9 heterocycles. The lowest BCUT2D eigenvalue weighted by molar-refractivity contribution is -0.142. The number of nitrogens with two attached hydrogens (primary N) is 1. The van der Waals surface area contributed by atoms with Crippen molar-refractivity contribution in [2.75, 3.05) is 38.1 Å². The van der Waals surface area contributed by atoms with Gasteiger partial charge >= 0.3 is 0 Å². The highest BCUT2D eigenvalue weighted by atomic mass is 79.9. The average molecular weight is 1250 g/mol. The molecule has 0 atom stereocenters. The van der Waals surface area contributed by atoms with Gasteiger partial charge in [0.05, 0.1) is 16.9 Å². The minimum Gasteiger partial charge on any atom is -0.387 e. The topological polar surface area (TPSA) is 242 Å². The van der Waals surface area contributed by atoms with Crippen LogP contribution in [0.15, 0.2) is 106 Å². The number of benzene rings is 2. The van der Waals surface area contributed by atoms with Crippen molar-refractivity contribution in [2.45, 2.75) is 98.9 Å². The Balaban J connectivity index is 0.000000193. The van der Waals surface area contributed by atoms with Gasteiger partial charge in [-0.3, -0.25) is 47.7 Å². The van der Waals surface area contributed by atoms with Crippen LogP contribution in [0.25, 0.3) is 33.3 Å². The van der Waals surface area contributed by atoms with Crippen molar-refractivity contribution in [1.82, 2.24) is 49.1 Å². The SMILES string of the molecule is CC1(C)CN(C(=O)Cn2c(=O)c(C(=O)NCc3ccc(Cl)cc3)cc3cc(-c4cn5c(n4)CCCC5)cnc32)C1.CC1(C)CN(C(=O)Cn2c(=O)c(C(=O)NCc3ccc(Cl)cc3)cc3cc(C(=O)CBr)cnc32)C1.Cl.NC1=NCCCC1. The number of ketones is 1. The van der Waals surface area contributed by atoms with Crippen LogP contribution in [0.1, 0.15) is 108 Å². The molecule has 4 N–H and O–H groups in total. The third kappa shape index (κ3) is 15.1. The largest absolute Gasteiger partial charge is 0.387 e. The van der Waals surface area contributed by atoms with E-state index in [1.165, 1.54) is 34.2 Å². The Kier molecular flexibility index (Phi) is 19.8. The Morgan fingerprint density at radius 3 is 1.60 bits per heavy atom. The lowest BCUT2D eigenvalue weighted by Gasteiger charge is -2.45. The molecule has 5 aromatic heterocycles. The molecule has 2 aromatic carbocycles. The molecule has 19 nitrogen and oxygen atoms in total. The van der Waals surface area contributed by atoms with Crippen LogP contribution < -0.4 is 27.5 Å². The van der Waals surface area contributed by atoms with Gasteiger partial charge in [0.2, 0.25) is 11.8 Å². The quantitative estimate of drug-likeness (QED) is 0.0731. The number of aryl methyl sites for hydroxylation is 2. The van der Waals surface area contributed by atoms with Crippen LogP contribution in [-0.2, 0) is 48.7 Å². The van der Waals surface area contributed by atoms with Crippen LogP contribution in [0.5, 0.6) is 0 Å². The smallest absolute Gasteiger partial charge is 0.265 e. The van der Waals surface area contributed by atoms with E-state index < -0.39 is 22.9 Å². The Hall–Kier alpha value is -7.26. The number of aromatic nitrogens is 6. The summed E-state index contributed by atoms with van der Waals surface area (Å²) < 4.78 is 4.71. The van der Waals surface area contributed by atoms with E-state index in [9.17, 15) is 33.6 Å². The van der Waals surface area contributed by atoms with E-state index in [1.807, 2.05) is 24.4 Å². The van der Waals surface area contributed by atoms with E-state index in [0.29, 0.717) is 58.2 Å². The van der Waals surface area contributed by atoms with Gasteiger partial charge in [-0.25, -0.2) is 15.0 Å². The molecule has 4 amide bonds. The molecule has 0 radical (unpaired) electrons. The zero-order valence-electron chi connectivity index (χ0n) is 46.7. The van der Waals surface area contributed by atoms with Crippen LogP contribution in [0.4, 0.5) is 0 Å². The van der Waals surface area contributed by atoms with E-state index in [0.717, 1.165) is 72.8 Å². The third-order valence-corrected chi connectivity index (χ3v) is 15.7. The number of Topliss-reactive ketones (excluding diaryl/α,β-unsaturated/α-hetero) is 1. The molecule has 0 unspecified atom stereocenters. The highest BCUT2D eigenvalue weighted by Gasteiger charge is 2.38. The summed E-state index contributed by atoms with van der Waals surface area (Å²) >= 11 is 15.0. The number of imidazole rings is 1. The van der Waals surface area contributed by atoms with Crippen LogP contribution in [0.2, 0.25) is 10.0 Å². The van der Waals surface area contributed by atoms with E-state index in [2.05, 4.69) is 73.8 Å². The van der Waals surface area contributed by atoms with Gasteiger partial charge in [-0.05, 0) is 96.2 Å². The maximum atomic E-state index is 13.6. The fraction of sp³-hybridized carbons (Fsp3) is 0.383. The molecule has 0 saturated carbocycles. The van der Waals surface area contributed by atoms with Crippen molar-refractivity contribution < 1.29 is 24.0 Å². The van der Waals surface area contributed by atoms with Crippen molar-refractivity contribution in [3.63, 3.8) is 0 Å². The highest BCUT2D eigenvalue weighted by Crippen LogP contribution is 2.31.